The molecule has 1 unspecified atom stereocenters. The van der Waals surface area contributed by atoms with Crippen LogP contribution in [0.2, 0.25) is 0 Å². The summed E-state index contributed by atoms with van der Waals surface area (Å²) in [4.78, 5) is 26.2. The Morgan fingerprint density at radius 1 is 1.38 bits per heavy atom. The number of hydrogen-bond donors (Lipinski definition) is 0. The van der Waals surface area contributed by atoms with Crippen LogP contribution in [-0.2, 0) is 9.53 Å². The van der Waals surface area contributed by atoms with Crippen molar-refractivity contribution in [1.29, 1.82) is 0 Å². The van der Waals surface area contributed by atoms with Gasteiger partial charge in [-0.25, -0.2) is 0 Å². The van der Waals surface area contributed by atoms with Crippen LogP contribution in [0.1, 0.15) is 41.6 Å². The van der Waals surface area contributed by atoms with Gasteiger partial charge in [0.05, 0.1) is 19.1 Å². The lowest BCUT2D eigenvalue weighted by Crippen LogP contribution is -2.45. The van der Waals surface area contributed by atoms with Crippen LogP contribution in [0.4, 0.5) is 0 Å². The van der Waals surface area contributed by atoms with Crippen LogP contribution < -0.4 is 0 Å². The van der Waals surface area contributed by atoms with E-state index in [0.29, 0.717) is 12.1 Å². The van der Waals surface area contributed by atoms with Gasteiger partial charge in [-0.05, 0) is 53.7 Å². The summed E-state index contributed by atoms with van der Waals surface area (Å²) >= 11 is 3.49. The number of piperidine rings is 1. The second-order valence-electron chi connectivity index (χ2n) is 5.36. The molecule has 1 aromatic rings. The van der Waals surface area contributed by atoms with Gasteiger partial charge in [-0.1, -0.05) is 12.1 Å². The maximum absolute atomic E-state index is 12.8. The summed E-state index contributed by atoms with van der Waals surface area (Å²) in [7, 11) is 1.38. The number of benzene rings is 1. The van der Waals surface area contributed by atoms with Crippen LogP contribution in [0.3, 0.4) is 0 Å². The van der Waals surface area contributed by atoms with Crippen molar-refractivity contribution in [2.75, 3.05) is 13.7 Å². The van der Waals surface area contributed by atoms with E-state index in [-0.39, 0.29) is 24.3 Å². The fourth-order valence-corrected chi connectivity index (χ4v) is 3.16. The maximum Gasteiger partial charge on any atom is 0.307 e. The fourth-order valence-electron chi connectivity index (χ4n) is 2.72. The molecule has 1 aliphatic heterocycles. The summed E-state index contributed by atoms with van der Waals surface area (Å²) in [6.07, 6.45) is 3.14. The molecule has 0 bridgehead atoms. The van der Waals surface area contributed by atoms with Crippen molar-refractivity contribution in [3.8, 4) is 0 Å². The number of methoxy groups -OCH3 is 1. The lowest BCUT2D eigenvalue weighted by molar-refractivity contribution is -0.142. The molecule has 1 saturated heterocycles. The molecule has 114 valence electrons. The van der Waals surface area contributed by atoms with Gasteiger partial charge in [-0.15, -0.1) is 0 Å². The third kappa shape index (κ3) is 3.64. The van der Waals surface area contributed by atoms with E-state index in [2.05, 4.69) is 15.9 Å². The van der Waals surface area contributed by atoms with Crippen LogP contribution in [0, 0.1) is 6.92 Å². The van der Waals surface area contributed by atoms with Gasteiger partial charge >= 0.3 is 5.97 Å². The predicted octanol–water partition coefficient (Wildman–Crippen LogP) is 3.32. The van der Waals surface area contributed by atoms with Crippen molar-refractivity contribution in [1.82, 2.24) is 4.90 Å². The normalized spacial score (nSPS) is 18.4. The average Bonchev–Trinajstić information content (AvgIpc) is 2.50. The summed E-state index contributed by atoms with van der Waals surface area (Å²) in [6, 6.07) is 5.60. The van der Waals surface area contributed by atoms with Gasteiger partial charge in [0.15, 0.2) is 0 Å². The molecule has 0 spiro atoms. The summed E-state index contributed by atoms with van der Waals surface area (Å²) in [5.41, 5.74) is 1.69. The summed E-state index contributed by atoms with van der Waals surface area (Å²) in [6.45, 7) is 2.66. The first-order valence-corrected chi connectivity index (χ1v) is 7.96. The Morgan fingerprint density at radius 3 is 2.86 bits per heavy atom. The Bertz CT molecular complexity index is 544. The van der Waals surface area contributed by atoms with Gasteiger partial charge in [0, 0.05) is 17.1 Å². The quantitative estimate of drug-likeness (QED) is 0.783. The monoisotopic (exact) mass is 353 g/mol. The highest BCUT2D eigenvalue weighted by Crippen LogP contribution is 2.27. The van der Waals surface area contributed by atoms with Gasteiger partial charge in [0.2, 0.25) is 0 Å². The van der Waals surface area contributed by atoms with Crippen molar-refractivity contribution < 1.29 is 14.3 Å². The van der Waals surface area contributed by atoms with E-state index in [1.165, 1.54) is 7.11 Å². The summed E-state index contributed by atoms with van der Waals surface area (Å²) < 4.78 is 5.57. The minimum atomic E-state index is -0.261. The van der Waals surface area contributed by atoms with Gasteiger partial charge in [0.1, 0.15) is 0 Å². The lowest BCUT2D eigenvalue weighted by Gasteiger charge is -2.35. The number of nitrogens with zero attached hydrogens (tertiary/aromatic N) is 1. The molecule has 0 N–H and O–H groups in total. The first kappa shape index (κ1) is 16.0. The number of esters is 1. The molecule has 2 rings (SSSR count). The number of ether oxygens (including phenoxy) is 1. The second-order valence-corrected chi connectivity index (χ2v) is 6.16. The standard InChI is InChI=1S/C16H20BrNO3/c1-11-6-5-8-13(15(11)17)16(20)18-9-4-3-7-12(18)10-14(19)21-2/h5-6,8,12H,3-4,7,9-10H2,1-2H3. The largest absolute Gasteiger partial charge is 0.469 e. The SMILES string of the molecule is COC(=O)CC1CCCCN1C(=O)c1cccc(C)c1Br. The molecule has 0 aliphatic carbocycles. The van der Waals surface area contributed by atoms with Crippen LogP contribution in [-0.4, -0.2) is 36.5 Å². The number of carbonyl (C=O) groups excluding carboxylic acids is 2. The highest BCUT2D eigenvalue weighted by molar-refractivity contribution is 9.10. The number of aryl methyl sites for hydroxylation is 1. The van der Waals surface area contributed by atoms with Crippen LogP contribution in [0.5, 0.6) is 0 Å². The molecular weight excluding hydrogens is 334 g/mol. The van der Waals surface area contributed by atoms with Gasteiger partial charge in [-0.3, -0.25) is 9.59 Å². The van der Waals surface area contributed by atoms with E-state index < -0.39 is 0 Å². The van der Waals surface area contributed by atoms with Crippen molar-refractivity contribution in [2.45, 2.75) is 38.6 Å². The lowest BCUT2D eigenvalue weighted by atomic mass is 9.98. The highest BCUT2D eigenvalue weighted by atomic mass is 79.9. The van der Waals surface area contributed by atoms with Crippen molar-refractivity contribution in [3.63, 3.8) is 0 Å². The van der Waals surface area contributed by atoms with Crippen molar-refractivity contribution >= 4 is 27.8 Å². The smallest absolute Gasteiger partial charge is 0.307 e. The Morgan fingerprint density at radius 2 is 2.14 bits per heavy atom. The highest BCUT2D eigenvalue weighted by Gasteiger charge is 2.30. The Kier molecular flexibility index (Phi) is 5.39. The molecule has 4 nitrogen and oxygen atoms in total. The van der Waals surface area contributed by atoms with E-state index in [9.17, 15) is 9.59 Å². The second kappa shape index (κ2) is 7.07. The first-order valence-electron chi connectivity index (χ1n) is 7.17. The molecule has 0 radical (unpaired) electrons. The molecule has 1 fully saturated rings. The van der Waals surface area contributed by atoms with Crippen molar-refractivity contribution in [2.24, 2.45) is 0 Å². The molecule has 1 amide bonds. The molecular formula is C16H20BrNO3. The molecule has 21 heavy (non-hydrogen) atoms. The zero-order chi connectivity index (χ0) is 15.4. The number of halogens is 1. The zero-order valence-corrected chi connectivity index (χ0v) is 14.0. The minimum Gasteiger partial charge on any atom is -0.469 e. The number of hydrogen-bond acceptors (Lipinski definition) is 3. The average molecular weight is 354 g/mol. The molecule has 1 heterocycles. The minimum absolute atomic E-state index is 0.0146. The van der Waals surface area contributed by atoms with Crippen LogP contribution in [0.25, 0.3) is 0 Å². The Hall–Kier alpha value is -1.36. The van der Waals surface area contributed by atoms with E-state index >= 15 is 0 Å². The fraction of sp³-hybridized carbons (Fsp3) is 0.500. The third-order valence-electron chi connectivity index (χ3n) is 3.94. The van der Waals surface area contributed by atoms with Gasteiger partial charge in [-0.2, -0.15) is 0 Å². The van der Waals surface area contributed by atoms with Gasteiger partial charge < -0.3 is 9.64 Å². The third-order valence-corrected chi connectivity index (χ3v) is 4.99. The van der Waals surface area contributed by atoms with E-state index in [1.807, 2.05) is 30.0 Å². The molecule has 1 aliphatic rings. The topological polar surface area (TPSA) is 46.6 Å². The Balaban J connectivity index is 2.22. The van der Waals surface area contributed by atoms with Crippen LogP contribution in [0.15, 0.2) is 22.7 Å². The summed E-state index contributed by atoms with van der Waals surface area (Å²) in [5.74, 6) is -0.276. The molecule has 0 aromatic heterocycles. The molecule has 5 heteroatoms. The van der Waals surface area contributed by atoms with Crippen LogP contribution >= 0.6 is 15.9 Å². The van der Waals surface area contributed by atoms with E-state index in [0.717, 1.165) is 29.3 Å². The first-order chi connectivity index (χ1) is 10.0. The maximum atomic E-state index is 12.8. The van der Waals surface area contributed by atoms with Gasteiger partial charge in [0.25, 0.3) is 5.91 Å². The Labute approximate surface area is 133 Å². The predicted molar refractivity (Wildman–Crippen MR) is 84.2 cm³/mol. The van der Waals surface area contributed by atoms with E-state index in [1.54, 1.807) is 0 Å². The zero-order valence-electron chi connectivity index (χ0n) is 12.4. The number of amides is 1. The van der Waals surface area contributed by atoms with Crippen molar-refractivity contribution in [3.05, 3.63) is 33.8 Å². The number of rotatable bonds is 3. The number of carbonyl (C=O) groups is 2. The number of likely N-dealkylation sites (tertiary alicyclic amines) is 1. The molecule has 1 atom stereocenters. The van der Waals surface area contributed by atoms with E-state index in [4.69, 9.17) is 4.74 Å². The summed E-state index contributed by atoms with van der Waals surface area (Å²) in [5, 5.41) is 0. The molecule has 0 saturated carbocycles. The molecule has 1 aromatic carbocycles.